The van der Waals surface area contributed by atoms with Gasteiger partial charge in [0.05, 0.1) is 28.0 Å². The summed E-state index contributed by atoms with van der Waals surface area (Å²) in [6.07, 6.45) is 0. The molecule has 0 aliphatic carbocycles. The summed E-state index contributed by atoms with van der Waals surface area (Å²) in [6.45, 7) is 3.55. The number of carbonyl (C=O) groups is 1. The van der Waals surface area contributed by atoms with Gasteiger partial charge in [0.1, 0.15) is 16.3 Å². The van der Waals surface area contributed by atoms with Crippen LogP contribution < -0.4 is 44.7 Å². The number of nitrogens with zero attached hydrogens (tertiary/aromatic N) is 2. The minimum atomic E-state index is -4.55. The number of carbonyl (C=O) groups excluding carboxylic acids is 1. The number of benzene rings is 4. The maximum Gasteiger partial charge on any atom is 1.00 e. The Hall–Kier alpha value is -2.70. The van der Waals surface area contributed by atoms with Crippen LogP contribution in [0, 0.1) is 6.92 Å². The van der Waals surface area contributed by atoms with Crippen LogP contribution in [0.2, 0.25) is 10.0 Å². The number of rotatable bonds is 7. The Bertz CT molecular complexity index is 1690. The normalized spacial score (nSPS) is 11.4. The van der Waals surface area contributed by atoms with Gasteiger partial charge in [-0.05, 0) is 55.1 Å². The standard InChI is InChI=1S/C26H21Cl2N3O6S.Na/c1-3-37-21-10-6-9-19(27)23(21)29-26(33)18-12-15-7-4-5-8-17(15)22(24(18)32)31-30-16-11-14(2)25(20(28)13-16)38(34,35)36;/h4-13,32H,3H2,1-2H3,(H,29,33)(H,34,35,36);/q;+1/p-1. The van der Waals surface area contributed by atoms with Crippen LogP contribution in [0.5, 0.6) is 11.5 Å². The molecule has 0 saturated carbocycles. The van der Waals surface area contributed by atoms with E-state index in [0.717, 1.165) is 0 Å². The summed E-state index contributed by atoms with van der Waals surface area (Å²) in [6, 6.07) is 15.7. The second-order valence-electron chi connectivity index (χ2n) is 8.07. The second kappa shape index (κ2) is 12.6. The Kier molecular flexibility index (Phi) is 10.0. The molecule has 0 unspecified atom stereocenters. The van der Waals surface area contributed by atoms with E-state index in [0.29, 0.717) is 23.1 Å². The summed E-state index contributed by atoms with van der Waals surface area (Å²) in [7, 11) is -4.55. The van der Waals surface area contributed by atoms with E-state index in [9.17, 15) is 22.9 Å². The fourth-order valence-corrected chi connectivity index (χ4v) is 5.40. The molecule has 1 amide bonds. The van der Waals surface area contributed by atoms with Gasteiger partial charge in [-0.3, -0.25) is 9.35 Å². The van der Waals surface area contributed by atoms with Crippen LogP contribution in [0.25, 0.3) is 10.8 Å². The van der Waals surface area contributed by atoms with E-state index in [1.807, 2.05) is 0 Å². The first-order valence-corrected chi connectivity index (χ1v) is 13.4. The van der Waals surface area contributed by atoms with Crippen LogP contribution in [0.3, 0.4) is 0 Å². The molecule has 0 spiro atoms. The van der Waals surface area contributed by atoms with Gasteiger partial charge in [0, 0.05) is 10.9 Å². The van der Waals surface area contributed by atoms with Crippen LogP contribution in [0.1, 0.15) is 22.8 Å². The molecular formula is C26H20Cl2N3NaO6S. The average molecular weight is 596 g/mol. The van der Waals surface area contributed by atoms with Crippen molar-refractivity contribution in [3.05, 3.63) is 81.8 Å². The third-order valence-corrected chi connectivity index (χ3v) is 7.25. The van der Waals surface area contributed by atoms with Crippen molar-refractivity contribution in [2.24, 2.45) is 10.2 Å². The molecule has 4 aromatic carbocycles. The molecule has 0 saturated heterocycles. The van der Waals surface area contributed by atoms with E-state index in [1.54, 1.807) is 49.4 Å². The van der Waals surface area contributed by atoms with E-state index in [2.05, 4.69) is 15.5 Å². The van der Waals surface area contributed by atoms with E-state index in [-0.39, 0.29) is 67.8 Å². The molecule has 0 radical (unpaired) electrons. The van der Waals surface area contributed by atoms with Crippen molar-refractivity contribution in [2.75, 3.05) is 11.9 Å². The number of ether oxygens (including phenoxy) is 1. The van der Waals surface area contributed by atoms with E-state index in [1.165, 1.54) is 25.1 Å². The number of halogens is 2. The number of fused-ring (bicyclic) bond motifs is 1. The summed E-state index contributed by atoms with van der Waals surface area (Å²) < 4.78 is 38.1. The predicted molar refractivity (Wildman–Crippen MR) is 144 cm³/mol. The molecule has 0 aliphatic heterocycles. The zero-order valence-electron chi connectivity index (χ0n) is 21.0. The number of azo groups is 1. The molecular weight excluding hydrogens is 576 g/mol. The summed E-state index contributed by atoms with van der Waals surface area (Å²) in [4.78, 5) is 12.8. The molecule has 0 atom stereocenters. The number of amides is 1. The molecule has 4 rings (SSSR count). The third kappa shape index (κ3) is 6.72. The van der Waals surface area contributed by atoms with Gasteiger partial charge in [-0.2, -0.15) is 18.6 Å². The van der Waals surface area contributed by atoms with Crippen molar-refractivity contribution in [3.8, 4) is 11.5 Å². The molecule has 0 fully saturated rings. The van der Waals surface area contributed by atoms with Gasteiger partial charge in [0.15, 0.2) is 0 Å². The number of anilines is 1. The molecule has 0 bridgehead atoms. The first kappa shape index (κ1) is 30.8. The number of hydrogen-bond acceptors (Lipinski definition) is 7. The van der Waals surface area contributed by atoms with Gasteiger partial charge in [-0.1, -0.05) is 59.3 Å². The van der Waals surface area contributed by atoms with Crippen molar-refractivity contribution in [1.29, 1.82) is 0 Å². The Morgan fingerprint density at radius 1 is 1.05 bits per heavy atom. The summed E-state index contributed by atoms with van der Waals surface area (Å²) in [5.74, 6) is -1.06. The molecule has 39 heavy (non-hydrogen) atoms. The van der Waals surface area contributed by atoms with Gasteiger partial charge in [-0.25, -0.2) is 0 Å². The first-order chi connectivity index (χ1) is 18.0. The van der Waals surface area contributed by atoms with Crippen LogP contribution in [0.4, 0.5) is 17.1 Å². The largest absolute Gasteiger partial charge is 1.00 e. The van der Waals surface area contributed by atoms with Gasteiger partial charge in [0.25, 0.3) is 16.0 Å². The minimum Gasteiger partial charge on any atom is -0.870 e. The van der Waals surface area contributed by atoms with Gasteiger partial charge < -0.3 is 15.2 Å². The van der Waals surface area contributed by atoms with Crippen LogP contribution in [-0.2, 0) is 10.1 Å². The molecule has 0 aromatic heterocycles. The zero-order valence-corrected chi connectivity index (χ0v) is 25.4. The topological polar surface area (TPSA) is 140 Å². The Balaban J connectivity index is 0.00000420. The Morgan fingerprint density at radius 3 is 2.44 bits per heavy atom. The van der Waals surface area contributed by atoms with Crippen molar-refractivity contribution in [2.45, 2.75) is 18.7 Å². The van der Waals surface area contributed by atoms with Crippen molar-refractivity contribution in [3.63, 3.8) is 0 Å². The molecule has 196 valence electrons. The SMILES string of the molecule is CCOc1cccc(Cl)c1NC(=O)c1cc2ccccc2c(N=Nc2cc(C)c(S(=O)(=O)O)c(Cl)c2)c1[O-].[Na+]. The molecule has 13 heteroatoms. The molecule has 0 heterocycles. The molecule has 2 N–H and O–H groups in total. The Morgan fingerprint density at radius 2 is 1.77 bits per heavy atom. The number of para-hydroxylation sites is 1. The fraction of sp³-hybridized carbons (Fsp3) is 0.115. The second-order valence-corrected chi connectivity index (χ2v) is 10.2. The number of hydrogen-bond donors (Lipinski definition) is 2. The number of aryl methyl sites for hydroxylation is 1. The van der Waals surface area contributed by atoms with Crippen molar-refractivity contribution in [1.82, 2.24) is 0 Å². The van der Waals surface area contributed by atoms with E-state index < -0.39 is 26.7 Å². The Labute approximate surface area is 256 Å². The first-order valence-electron chi connectivity index (χ1n) is 11.2. The van der Waals surface area contributed by atoms with Crippen LogP contribution in [-0.4, -0.2) is 25.5 Å². The molecule has 9 nitrogen and oxygen atoms in total. The summed E-state index contributed by atoms with van der Waals surface area (Å²) >= 11 is 12.3. The van der Waals surface area contributed by atoms with Gasteiger partial charge in [-0.15, -0.1) is 0 Å². The smallest absolute Gasteiger partial charge is 0.870 e. The predicted octanol–water partition coefficient (Wildman–Crippen LogP) is 3.85. The van der Waals surface area contributed by atoms with Crippen LogP contribution in [0.15, 0.2) is 75.8 Å². The van der Waals surface area contributed by atoms with E-state index >= 15 is 0 Å². The maximum atomic E-state index is 13.4. The third-order valence-electron chi connectivity index (χ3n) is 5.47. The zero-order chi connectivity index (χ0) is 27.6. The minimum absolute atomic E-state index is 0. The van der Waals surface area contributed by atoms with Crippen molar-refractivity contribution >= 4 is 67.1 Å². The monoisotopic (exact) mass is 595 g/mol. The quantitative estimate of drug-likeness (QED) is 0.189. The fourth-order valence-electron chi connectivity index (χ4n) is 3.86. The summed E-state index contributed by atoms with van der Waals surface area (Å²) in [5, 5.41) is 25.2. The van der Waals surface area contributed by atoms with Gasteiger partial charge in [0.2, 0.25) is 0 Å². The molecule has 0 aliphatic rings. The maximum absolute atomic E-state index is 13.4. The van der Waals surface area contributed by atoms with E-state index in [4.69, 9.17) is 27.9 Å². The van der Waals surface area contributed by atoms with Crippen molar-refractivity contribution < 1.29 is 57.2 Å². The van der Waals surface area contributed by atoms with Crippen LogP contribution >= 0.6 is 23.2 Å². The summed E-state index contributed by atoms with van der Waals surface area (Å²) in [5.41, 5.74) is 0.191. The van der Waals surface area contributed by atoms with Gasteiger partial charge >= 0.3 is 29.6 Å². The molecule has 4 aromatic rings. The number of nitrogens with one attached hydrogen (secondary N) is 1. The average Bonchev–Trinajstić information content (AvgIpc) is 2.84.